The van der Waals surface area contributed by atoms with Crippen molar-refractivity contribution < 1.29 is 23.8 Å². The number of anilines is 2. The topological polar surface area (TPSA) is 83.2 Å². The lowest BCUT2D eigenvalue weighted by molar-refractivity contribution is -0.132. The Morgan fingerprint density at radius 2 is 1.73 bits per heavy atom. The van der Waals surface area contributed by atoms with Crippen LogP contribution in [-0.2, 0) is 9.59 Å². The molecule has 2 aromatic carbocycles. The van der Waals surface area contributed by atoms with E-state index in [-0.39, 0.29) is 11.3 Å². The number of rotatable bonds is 6. The van der Waals surface area contributed by atoms with Crippen molar-refractivity contribution in [1.29, 1.82) is 0 Å². The normalized spacial score (nSPS) is 19.5. The zero-order chi connectivity index (χ0) is 26.1. The number of carbonyl (C=O) groups is 2. The first kappa shape index (κ1) is 25.0. The molecule has 2 saturated heterocycles. The van der Waals surface area contributed by atoms with Crippen molar-refractivity contribution in [2.75, 3.05) is 29.5 Å². The lowest BCUT2D eigenvalue weighted by Gasteiger charge is -2.29. The number of Topliss-reactive ketones (excluding diaryl/α,β-unsaturated/α-hetero) is 1. The molecule has 1 atom stereocenters. The van der Waals surface area contributed by atoms with Crippen LogP contribution in [0.4, 0.5) is 11.4 Å². The molecule has 2 fully saturated rings. The fourth-order valence-electron chi connectivity index (χ4n) is 5.02. The number of benzene rings is 2. The minimum atomic E-state index is -0.930. The van der Waals surface area contributed by atoms with E-state index in [1.807, 2.05) is 31.2 Å². The average Bonchev–Trinajstić information content (AvgIpc) is 3.46. The number of amides is 1. The van der Waals surface area contributed by atoms with Gasteiger partial charge in [0.1, 0.15) is 29.1 Å². The average molecular weight is 521 g/mol. The van der Waals surface area contributed by atoms with Gasteiger partial charge in [0, 0.05) is 30.0 Å². The van der Waals surface area contributed by atoms with Gasteiger partial charge in [-0.1, -0.05) is 11.6 Å². The fraction of sp³-hybridized carbons (Fsp3) is 0.310. The summed E-state index contributed by atoms with van der Waals surface area (Å²) in [5.41, 5.74) is 1.89. The molecule has 0 aliphatic carbocycles. The first-order chi connectivity index (χ1) is 17.9. The van der Waals surface area contributed by atoms with Crippen LogP contribution in [0.5, 0.6) is 5.75 Å². The van der Waals surface area contributed by atoms with E-state index in [0.29, 0.717) is 40.2 Å². The summed E-state index contributed by atoms with van der Waals surface area (Å²) in [6.07, 6.45) is 3.55. The van der Waals surface area contributed by atoms with Crippen molar-refractivity contribution in [1.82, 2.24) is 0 Å². The lowest BCUT2D eigenvalue weighted by Crippen LogP contribution is -2.30. The van der Waals surface area contributed by atoms with Gasteiger partial charge in [-0.15, -0.1) is 0 Å². The van der Waals surface area contributed by atoms with Crippen LogP contribution in [0.1, 0.15) is 49.3 Å². The van der Waals surface area contributed by atoms with Gasteiger partial charge < -0.3 is 19.2 Å². The SMILES string of the molecule is CCOc1cc(/C(O)=C2/C(=O)C(=O)N(c3ccc(N4CCCCC4)cc3)C2c2ccc(C)o2)ccc1Cl. The molecule has 0 saturated carbocycles. The third-order valence-electron chi connectivity index (χ3n) is 6.83. The van der Waals surface area contributed by atoms with Gasteiger partial charge in [-0.3, -0.25) is 14.5 Å². The highest BCUT2D eigenvalue weighted by molar-refractivity contribution is 6.51. The summed E-state index contributed by atoms with van der Waals surface area (Å²) in [6.45, 7) is 6.00. The largest absolute Gasteiger partial charge is 0.507 e. The van der Waals surface area contributed by atoms with Crippen molar-refractivity contribution in [3.8, 4) is 5.75 Å². The number of hydrogen-bond donors (Lipinski definition) is 1. The van der Waals surface area contributed by atoms with Gasteiger partial charge in [0.2, 0.25) is 0 Å². The monoisotopic (exact) mass is 520 g/mol. The molecule has 7 nitrogen and oxygen atoms in total. The van der Waals surface area contributed by atoms with Crippen LogP contribution in [0, 0.1) is 6.92 Å². The van der Waals surface area contributed by atoms with Crippen molar-refractivity contribution >= 4 is 40.4 Å². The zero-order valence-electron chi connectivity index (χ0n) is 20.9. The molecule has 1 N–H and O–H groups in total. The molecule has 1 amide bonds. The van der Waals surface area contributed by atoms with Gasteiger partial charge in [-0.05, 0) is 87.7 Å². The molecule has 3 heterocycles. The lowest BCUT2D eigenvalue weighted by atomic mass is 9.99. The second-order valence-electron chi connectivity index (χ2n) is 9.26. The van der Waals surface area contributed by atoms with Gasteiger partial charge in [0.05, 0.1) is 17.2 Å². The smallest absolute Gasteiger partial charge is 0.300 e. The van der Waals surface area contributed by atoms with E-state index in [0.717, 1.165) is 31.6 Å². The summed E-state index contributed by atoms with van der Waals surface area (Å²) in [7, 11) is 0. The van der Waals surface area contributed by atoms with Crippen LogP contribution in [-0.4, -0.2) is 36.5 Å². The standard InChI is InChI=1S/C29H29ClN2O5/c1-3-36-24-17-19(8-13-22(24)30)27(33)25-26(23-14-7-18(2)37-23)32(29(35)28(25)34)21-11-9-20(10-12-21)31-15-5-4-6-16-31/h7-14,17,26,33H,3-6,15-16H2,1-2H3/b27-25-. The number of piperidine rings is 1. The maximum absolute atomic E-state index is 13.4. The van der Waals surface area contributed by atoms with Crippen LogP contribution in [0.25, 0.3) is 5.76 Å². The summed E-state index contributed by atoms with van der Waals surface area (Å²) < 4.78 is 11.4. The Labute approximate surface area is 220 Å². The van der Waals surface area contributed by atoms with E-state index in [9.17, 15) is 14.7 Å². The molecule has 1 aromatic heterocycles. The molecule has 1 unspecified atom stereocenters. The minimum Gasteiger partial charge on any atom is -0.507 e. The third kappa shape index (κ3) is 4.71. The van der Waals surface area contributed by atoms with E-state index in [2.05, 4.69) is 4.90 Å². The van der Waals surface area contributed by atoms with Gasteiger partial charge in [-0.25, -0.2) is 0 Å². The summed E-state index contributed by atoms with van der Waals surface area (Å²) in [5, 5.41) is 11.7. The van der Waals surface area contributed by atoms with Crippen LogP contribution in [0.3, 0.4) is 0 Å². The molecule has 8 heteroatoms. The Kier molecular flexibility index (Phi) is 6.98. The second-order valence-corrected chi connectivity index (χ2v) is 9.67. The summed E-state index contributed by atoms with van der Waals surface area (Å²) in [4.78, 5) is 30.5. The molecule has 5 rings (SSSR count). The molecule has 2 aliphatic rings. The number of hydrogen-bond acceptors (Lipinski definition) is 6. The quantitative estimate of drug-likeness (QED) is 0.235. The Morgan fingerprint density at radius 3 is 2.38 bits per heavy atom. The third-order valence-corrected chi connectivity index (χ3v) is 7.14. The van der Waals surface area contributed by atoms with E-state index in [1.165, 1.54) is 11.3 Å². The van der Waals surface area contributed by atoms with E-state index in [1.54, 1.807) is 37.3 Å². The van der Waals surface area contributed by atoms with E-state index < -0.39 is 17.7 Å². The molecule has 0 spiro atoms. The molecular formula is C29H29ClN2O5. The Balaban J connectivity index is 1.59. The number of carbonyl (C=O) groups excluding carboxylic acids is 2. The Morgan fingerprint density at radius 1 is 1.03 bits per heavy atom. The summed E-state index contributed by atoms with van der Waals surface area (Å²) in [5.74, 6) is -0.443. The molecule has 3 aromatic rings. The number of furan rings is 1. The predicted octanol–water partition coefficient (Wildman–Crippen LogP) is 6.26. The zero-order valence-corrected chi connectivity index (χ0v) is 21.6. The number of ketones is 1. The highest BCUT2D eigenvalue weighted by Gasteiger charge is 2.48. The summed E-state index contributed by atoms with van der Waals surface area (Å²) in [6, 6.07) is 14.9. The predicted molar refractivity (Wildman–Crippen MR) is 143 cm³/mol. The van der Waals surface area contributed by atoms with Crippen molar-refractivity contribution in [3.05, 3.63) is 82.3 Å². The van der Waals surface area contributed by atoms with Crippen molar-refractivity contribution in [2.45, 2.75) is 39.2 Å². The molecular weight excluding hydrogens is 492 g/mol. The number of aryl methyl sites for hydroxylation is 1. The molecule has 2 aliphatic heterocycles. The van der Waals surface area contributed by atoms with Gasteiger partial charge in [0.25, 0.3) is 11.7 Å². The van der Waals surface area contributed by atoms with Crippen LogP contribution < -0.4 is 14.5 Å². The number of nitrogens with zero attached hydrogens (tertiary/aromatic N) is 2. The van der Waals surface area contributed by atoms with Crippen LogP contribution in [0.2, 0.25) is 5.02 Å². The Hall–Kier alpha value is -3.71. The van der Waals surface area contributed by atoms with Gasteiger partial charge >= 0.3 is 0 Å². The van der Waals surface area contributed by atoms with E-state index >= 15 is 0 Å². The highest BCUT2D eigenvalue weighted by Crippen LogP contribution is 2.43. The number of aliphatic hydroxyl groups is 1. The molecule has 0 bridgehead atoms. The molecule has 37 heavy (non-hydrogen) atoms. The second kappa shape index (κ2) is 10.3. The Bertz CT molecular complexity index is 1350. The fourth-order valence-corrected chi connectivity index (χ4v) is 5.19. The first-order valence-electron chi connectivity index (χ1n) is 12.5. The van der Waals surface area contributed by atoms with Crippen molar-refractivity contribution in [3.63, 3.8) is 0 Å². The number of halogens is 1. The van der Waals surface area contributed by atoms with Gasteiger partial charge in [-0.2, -0.15) is 0 Å². The van der Waals surface area contributed by atoms with Crippen LogP contribution >= 0.6 is 11.6 Å². The minimum absolute atomic E-state index is 0.0516. The van der Waals surface area contributed by atoms with Crippen molar-refractivity contribution in [2.24, 2.45) is 0 Å². The number of ether oxygens (including phenoxy) is 1. The van der Waals surface area contributed by atoms with Gasteiger partial charge in [0.15, 0.2) is 0 Å². The number of aliphatic hydroxyl groups excluding tert-OH is 1. The molecule has 0 radical (unpaired) electrons. The van der Waals surface area contributed by atoms with Crippen LogP contribution in [0.15, 0.2) is 64.6 Å². The van der Waals surface area contributed by atoms with E-state index in [4.69, 9.17) is 20.8 Å². The maximum Gasteiger partial charge on any atom is 0.300 e. The highest BCUT2D eigenvalue weighted by atomic mass is 35.5. The molecule has 192 valence electrons. The maximum atomic E-state index is 13.4. The first-order valence-corrected chi connectivity index (χ1v) is 12.9. The summed E-state index contributed by atoms with van der Waals surface area (Å²) >= 11 is 6.22.